The van der Waals surface area contributed by atoms with Gasteiger partial charge in [0, 0.05) is 6.54 Å². The van der Waals surface area contributed by atoms with Crippen molar-refractivity contribution in [1.82, 2.24) is 9.80 Å². The molecule has 4 heteroatoms. The normalized spacial score (nSPS) is 24.6. The topological polar surface area (TPSA) is 43.8 Å². The summed E-state index contributed by atoms with van der Waals surface area (Å²) in [6.45, 7) is 4.99. The molecule has 0 spiro atoms. The number of carbonyl (C=O) groups is 1. The number of hydrogen-bond acceptors (Lipinski definition) is 3. The molecule has 94 valence electrons. The summed E-state index contributed by atoms with van der Waals surface area (Å²) in [5, 5.41) is 8.88. The van der Waals surface area contributed by atoms with Gasteiger partial charge in [-0.3, -0.25) is 9.69 Å². The van der Waals surface area contributed by atoms with Crippen LogP contribution in [0.5, 0.6) is 0 Å². The van der Waals surface area contributed by atoms with E-state index in [-0.39, 0.29) is 6.04 Å². The van der Waals surface area contributed by atoms with E-state index in [2.05, 4.69) is 11.9 Å². The number of likely N-dealkylation sites (N-methyl/N-ethyl adjacent to an activating group) is 1. The Kier molecular flexibility index (Phi) is 5.22. The Bertz CT molecular complexity index is 233. The van der Waals surface area contributed by atoms with Gasteiger partial charge in [-0.1, -0.05) is 0 Å². The van der Waals surface area contributed by atoms with Crippen LogP contribution >= 0.6 is 0 Å². The van der Waals surface area contributed by atoms with Crippen LogP contribution in [0.25, 0.3) is 0 Å². The van der Waals surface area contributed by atoms with Gasteiger partial charge in [-0.25, -0.2) is 0 Å². The molecule has 1 aliphatic rings. The van der Waals surface area contributed by atoms with Crippen molar-refractivity contribution in [2.24, 2.45) is 5.92 Å². The molecule has 1 rings (SSSR count). The number of hydrogen-bond donors (Lipinski definition) is 1. The minimum absolute atomic E-state index is 0.374. The van der Waals surface area contributed by atoms with Crippen molar-refractivity contribution >= 4 is 5.97 Å². The summed E-state index contributed by atoms with van der Waals surface area (Å²) in [6, 6.07) is -0.374. The van der Waals surface area contributed by atoms with Crippen LogP contribution in [0.3, 0.4) is 0 Å². The third kappa shape index (κ3) is 4.10. The van der Waals surface area contributed by atoms with E-state index < -0.39 is 5.97 Å². The summed E-state index contributed by atoms with van der Waals surface area (Å²) < 4.78 is 0. The van der Waals surface area contributed by atoms with E-state index in [0.717, 1.165) is 25.4 Å². The van der Waals surface area contributed by atoms with Crippen LogP contribution in [-0.2, 0) is 4.79 Å². The second kappa shape index (κ2) is 6.21. The molecule has 0 radical (unpaired) electrons. The van der Waals surface area contributed by atoms with Gasteiger partial charge in [-0.05, 0) is 59.3 Å². The lowest BCUT2D eigenvalue weighted by atomic mass is 9.95. The van der Waals surface area contributed by atoms with Gasteiger partial charge in [0.2, 0.25) is 0 Å². The van der Waals surface area contributed by atoms with E-state index in [1.54, 1.807) is 6.92 Å². The fourth-order valence-electron chi connectivity index (χ4n) is 2.28. The maximum atomic E-state index is 10.8. The Morgan fingerprint density at radius 1 is 1.62 bits per heavy atom. The summed E-state index contributed by atoms with van der Waals surface area (Å²) in [4.78, 5) is 15.1. The van der Waals surface area contributed by atoms with Crippen molar-refractivity contribution in [2.45, 2.75) is 32.2 Å². The van der Waals surface area contributed by atoms with E-state index in [1.165, 1.54) is 19.4 Å². The van der Waals surface area contributed by atoms with E-state index in [1.807, 2.05) is 11.9 Å². The molecular weight excluding hydrogens is 204 g/mol. The van der Waals surface area contributed by atoms with Gasteiger partial charge in [0.25, 0.3) is 0 Å². The Morgan fingerprint density at radius 2 is 2.31 bits per heavy atom. The zero-order valence-corrected chi connectivity index (χ0v) is 10.6. The zero-order chi connectivity index (χ0) is 12.1. The second-order valence-corrected chi connectivity index (χ2v) is 5.05. The van der Waals surface area contributed by atoms with E-state index in [9.17, 15) is 4.79 Å². The van der Waals surface area contributed by atoms with Crippen LogP contribution in [0.15, 0.2) is 0 Å². The molecule has 2 unspecified atom stereocenters. The summed E-state index contributed by atoms with van der Waals surface area (Å²) in [5.41, 5.74) is 0. The van der Waals surface area contributed by atoms with Crippen LogP contribution in [0.1, 0.15) is 26.2 Å². The number of likely N-dealkylation sites (tertiary alicyclic amines) is 1. The highest BCUT2D eigenvalue weighted by molar-refractivity contribution is 5.72. The number of piperidine rings is 1. The summed E-state index contributed by atoms with van der Waals surface area (Å²) >= 11 is 0. The largest absolute Gasteiger partial charge is 0.480 e. The maximum Gasteiger partial charge on any atom is 0.320 e. The molecule has 0 amide bonds. The average molecular weight is 228 g/mol. The first-order valence-electron chi connectivity index (χ1n) is 6.12. The predicted molar refractivity (Wildman–Crippen MR) is 64.6 cm³/mol. The van der Waals surface area contributed by atoms with Crippen LogP contribution in [0, 0.1) is 5.92 Å². The van der Waals surface area contributed by atoms with Crippen molar-refractivity contribution in [3.05, 3.63) is 0 Å². The lowest BCUT2D eigenvalue weighted by molar-refractivity contribution is -0.142. The molecule has 4 nitrogen and oxygen atoms in total. The average Bonchev–Trinajstić information content (AvgIpc) is 2.24. The molecule has 1 aliphatic heterocycles. The minimum atomic E-state index is -0.733. The molecule has 0 bridgehead atoms. The van der Waals surface area contributed by atoms with Gasteiger partial charge in [-0.2, -0.15) is 0 Å². The standard InChI is InChI=1S/C12H24N2O2/c1-10(12(15)16)14(3)8-6-11-5-4-7-13(2)9-11/h10-11H,4-9H2,1-3H3,(H,15,16). The summed E-state index contributed by atoms with van der Waals surface area (Å²) in [7, 11) is 4.06. The molecular formula is C12H24N2O2. The van der Waals surface area contributed by atoms with Crippen LogP contribution in [0.2, 0.25) is 0 Å². The highest BCUT2D eigenvalue weighted by Gasteiger charge is 2.20. The lowest BCUT2D eigenvalue weighted by Crippen LogP contribution is -2.39. The number of rotatable bonds is 5. The molecule has 1 heterocycles. The number of aliphatic carboxylic acids is 1. The first-order valence-corrected chi connectivity index (χ1v) is 6.12. The Labute approximate surface area is 98.2 Å². The van der Waals surface area contributed by atoms with Gasteiger partial charge in [-0.15, -0.1) is 0 Å². The van der Waals surface area contributed by atoms with Crippen LogP contribution < -0.4 is 0 Å². The van der Waals surface area contributed by atoms with Crippen molar-refractivity contribution in [1.29, 1.82) is 0 Å². The monoisotopic (exact) mass is 228 g/mol. The fraction of sp³-hybridized carbons (Fsp3) is 0.917. The number of carboxylic acid groups (broad SMARTS) is 1. The van der Waals surface area contributed by atoms with Gasteiger partial charge < -0.3 is 10.0 Å². The molecule has 1 N–H and O–H groups in total. The highest BCUT2D eigenvalue weighted by atomic mass is 16.4. The second-order valence-electron chi connectivity index (χ2n) is 5.05. The predicted octanol–water partition coefficient (Wildman–Crippen LogP) is 1.12. The van der Waals surface area contributed by atoms with Gasteiger partial charge in [0.1, 0.15) is 6.04 Å². The van der Waals surface area contributed by atoms with Crippen LogP contribution in [0.4, 0.5) is 0 Å². The van der Waals surface area contributed by atoms with Gasteiger partial charge in [0.15, 0.2) is 0 Å². The van der Waals surface area contributed by atoms with Gasteiger partial charge in [0.05, 0.1) is 0 Å². The maximum absolute atomic E-state index is 10.8. The van der Waals surface area contributed by atoms with E-state index in [0.29, 0.717) is 0 Å². The minimum Gasteiger partial charge on any atom is -0.480 e. The molecule has 1 fully saturated rings. The van der Waals surface area contributed by atoms with Crippen molar-refractivity contribution < 1.29 is 9.90 Å². The quantitative estimate of drug-likeness (QED) is 0.766. The first-order chi connectivity index (χ1) is 7.50. The highest BCUT2D eigenvalue weighted by Crippen LogP contribution is 2.18. The molecule has 1 saturated heterocycles. The van der Waals surface area contributed by atoms with Crippen molar-refractivity contribution in [2.75, 3.05) is 33.7 Å². The first kappa shape index (κ1) is 13.5. The van der Waals surface area contributed by atoms with Crippen LogP contribution in [-0.4, -0.2) is 60.6 Å². The molecule has 0 aromatic rings. The van der Waals surface area contributed by atoms with E-state index >= 15 is 0 Å². The smallest absolute Gasteiger partial charge is 0.320 e. The fourth-order valence-corrected chi connectivity index (χ4v) is 2.28. The third-order valence-corrected chi connectivity index (χ3v) is 3.63. The lowest BCUT2D eigenvalue weighted by Gasteiger charge is -2.31. The number of nitrogens with zero attached hydrogens (tertiary/aromatic N) is 2. The molecule has 16 heavy (non-hydrogen) atoms. The van der Waals surface area contributed by atoms with Crippen molar-refractivity contribution in [3.8, 4) is 0 Å². The molecule has 0 saturated carbocycles. The van der Waals surface area contributed by atoms with Gasteiger partial charge >= 0.3 is 5.97 Å². The summed E-state index contributed by atoms with van der Waals surface area (Å²) in [6.07, 6.45) is 3.68. The zero-order valence-electron chi connectivity index (χ0n) is 10.6. The Balaban J connectivity index is 2.25. The Morgan fingerprint density at radius 3 is 2.88 bits per heavy atom. The molecule has 0 aliphatic carbocycles. The molecule has 2 atom stereocenters. The van der Waals surface area contributed by atoms with Crippen molar-refractivity contribution in [3.63, 3.8) is 0 Å². The summed E-state index contributed by atoms with van der Waals surface area (Å²) in [5.74, 6) is 0.00505. The molecule has 0 aromatic heterocycles. The Hall–Kier alpha value is -0.610. The SMILES string of the molecule is CC(C(=O)O)N(C)CCC1CCCN(C)C1. The molecule has 0 aromatic carbocycles. The van der Waals surface area contributed by atoms with E-state index in [4.69, 9.17) is 5.11 Å². The third-order valence-electron chi connectivity index (χ3n) is 3.63. The number of carboxylic acids is 1.